The molecule has 0 aromatic heterocycles. The van der Waals surface area contributed by atoms with E-state index in [9.17, 15) is 9.90 Å². The SMILES string of the molecule is CC(=O)C(=C=C(c1ccccc1)c1ccccc1)C(C)(O)c1ccccc1. The van der Waals surface area contributed by atoms with Crippen LogP contribution in [0.3, 0.4) is 0 Å². The lowest BCUT2D eigenvalue weighted by Gasteiger charge is -2.24. The molecule has 1 atom stereocenters. The molecule has 134 valence electrons. The predicted molar refractivity (Wildman–Crippen MR) is 109 cm³/mol. The molecule has 27 heavy (non-hydrogen) atoms. The van der Waals surface area contributed by atoms with Gasteiger partial charge < -0.3 is 5.11 Å². The third-order valence-electron chi connectivity index (χ3n) is 4.55. The number of benzene rings is 3. The van der Waals surface area contributed by atoms with Gasteiger partial charge in [0.05, 0.1) is 5.57 Å². The number of aliphatic hydroxyl groups is 1. The summed E-state index contributed by atoms with van der Waals surface area (Å²) in [7, 11) is 0. The molecule has 3 aromatic carbocycles. The fraction of sp³-hybridized carbons (Fsp3) is 0.120. The van der Waals surface area contributed by atoms with Crippen LogP contribution in [0.15, 0.2) is 102 Å². The Balaban J connectivity index is 2.31. The van der Waals surface area contributed by atoms with Gasteiger partial charge in [-0.25, -0.2) is 0 Å². The zero-order valence-corrected chi connectivity index (χ0v) is 15.5. The van der Waals surface area contributed by atoms with Crippen molar-refractivity contribution in [3.8, 4) is 0 Å². The summed E-state index contributed by atoms with van der Waals surface area (Å²) < 4.78 is 0. The van der Waals surface area contributed by atoms with Crippen LogP contribution >= 0.6 is 0 Å². The normalized spacial score (nSPS) is 12.6. The topological polar surface area (TPSA) is 37.3 Å². The third-order valence-corrected chi connectivity index (χ3v) is 4.55. The molecular formula is C25H22O2. The molecule has 0 heterocycles. The molecule has 0 aliphatic heterocycles. The maximum atomic E-state index is 12.5. The first-order chi connectivity index (χ1) is 13.0. The van der Waals surface area contributed by atoms with Crippen molar-refractivity contribution in [3.63, 3.8) is 0 Å². The fourth-order valence-electron chi connectivity index (χ4n) is 3.11. The standard InChI is InChI=1S/C25H22O2/c1-19(26)24(25(2,27)22-16-10-5-11-17-22)18-23(20-12-6-3-7-13-20)21-14-8-4-9-15-21/h3-17,27H,1-2H3. The summed E-state index contributed by atoms with van der Waals surface area (Å²) in [6, 6.07) is 28.8. The van der Waals surface area contributed by atoms with Gasteiger partial charge in [-0.2, -0.15) is 0 Å². The Kier molecular flexibility index (Phi) is 5.52. The molecule has 1 unspecified atom stereocenters. The minimum atomic E-state index is -1.44. The number of hydrogen-bond acceptors (Lipinski definition) is 2. The molecule has 0 radical (unpaired) electrons. The van der Waals surface area contributed by atoms with Gasteiger partial charge in [0.15, 0.2) is 5.78 Å². The van der Waals surface area contributed by atoms with Crippen LogP contribution in [-0.2, 0) is 10.4 Å². The van der Waals surface area contributed by atoms with Crippen molar-refractivity contribution in [1.82, 2.24) is 0 Å². The van der Waals surface area contributed by atoms with Crippen molar-refractivity contribution in [2.45, 2.75) is 19.4 Å². The largest absolute Gasteiger partial charge is 0.380 e. The van der Waals surface area contributed by atoms with Gasteiger partial charge >= 0.3 is 0 Å². The molecule has 3 rings (SSSR count). The van der Waals surface area contributed by atoms with Crippen molar-refractivity contribution in [3.05, 3.63) is 119 Å². The molecular weight excluding hydrogens is 332 g/mol. The summed E-state index contributed by atoms with van der Waals surface area (Å²) in [5.41, 5.74) is 5.35. The van der Waals surface area contributed by atoms with Crippen molar-refractivity contribution < 1.29 is 9.90 Å². The fourth-order valence-corrected chi connectivity index (χ4v) is 3.11. The zero-order valence-electron chi connectivity index (χ0n) is 15.5. The molecule has 0 bridgehead atoms. The minimum absolute atomic E-state index is 0.215. The van der Waals surface area contributed by atoms with Crippen molar-refractivity contribution in [2.75, 3.05) is 0 Å². The average molecular weight is 354 g/mol. The van der Waals surface area contributed by atoms with E-state index < -0.39 is 5.60 Å². The molecule has 3 aromatic rings. The predicted octanol–water partition coefficient (Wildman–Crippen LogP) is 5.14. The van der Waals surface area contributed by atoms with Crippen LogP contribution in [0.2, 0.25) is 0 Å². The van der Waals surface area contributed by atoms with Gasteiger partial charge in [-0.1, -0.05) is 91.0 Å². The van der Waals surface area contributed by atoms with Crippen LogP contribution in [0.4, 0.5) is 0 Å². The third kappa shape index (κ3) is 4.15. The lowest BCUT2D eigenvalue weighted by atomic mass is 9.85. The van der Waals surface area contributed by atoms with E-state index in [0.717, 1.165) is 16.7 Å². The maximum Gasteiger partial charge on any atom is 0.166 e. The van der Waals surface area contributed by atoms with E-state index in [2.05, 4.69) is 5.73 Å². The first kappa shape index (κ1) is 18.6. The summed E-state index contributed by atoms with van der Waals surface area (Å²) in [5.74, 6) is -0.215. The molecule has 0 saturated carbocycles. The maximum absolute atomic E-state index is 12.5. The summed E-state index contributed by atoms with van der Waals surface area (Å²) in [4.78, 5) is 12.5. The Bertz CT molecular complexity index is 937. The molecule has 0 spiro atoms. The van der Waals surface area contributed by atoms with E-state index >= 15 is 0 Å². The van der Waals surface area contributed by atoms with E-state index in [-0.39, 0.29) is 11.4 Å². The number of Topliss-reactive ketones (excluding diaryl/α,β-unsaturated/α-hetero) is 1. The van der Waals surface area contributed by atoms with E-state index in [1.807, 2.05) is 91.0 Å². The summed E-state index contributed by atoms with van der Waals surface area (Å²) in [6.45, 7) is 3.10. The smallest absolute Gasteiger partial charge is 0.166 e. The molecule has 2 heteroatoms. The van der Waals surface area contributed by atoms with Gasteiger partial charge in [-0.15, -0.1) is 5.73 Å². The lowest BCUT2D eigenvalue weighted by molar-refractivity contribution is -0.115. The first-order valence-electron chi connectivity index (χ1n) is 8.91. The second-order valence-corrected chi connectivity index (χ2v) is 6.60. The highest BCUT2D eigenvalue weighted by Crippen LogP contribution is 2.31. The van der Waals surface area contributed by atoms with E-state index in [0.29, 0.717) is 5.56 Å². The Morgan fingerprint density at radius 2 is 1.19 bits per heavy atom. The number of hydrogen-bond donors (Lipinski definition) is 1. The van der Waals surface area contributed by atoms with Gasteiger partial charge in [0.1, 0.15) is 5.60 Å². The molecule has 0 amide bonds. The molecule has 2 nitrogen and oxygen atoms in total. The van der Waals surface area contributed by atoms with E-state index in [1.165, 1.54) is 6.92 Å². The van der Waals surface area contributed by atoms with Gasteiger partial charge in [-0.3, -0.25) is 4.79 Å². The van der Waals surface area contributed by atoms with Gasteiger partial charge in [0.25, 0.3) is 0 Å². The minimum Gasteiger partial charge on any atom is -0.380 e. The Hall–Kier alpha value is -3.19. The highest BCUT2D eigenvalue weighted by Gasteiger charge is 2.31. The van der Waals surface area contributed by atoms with Crippen LogP contribution in [0, 0.1) is 0 Å². The number of rotatable bonds is 5. The summed E-state index contributed by atoms with van der Waals surface area (Å²) in [6.07, 6.45) is 0. The highest BCUT2D eigenvalue weighted by atomic mass is 16.3. The first-order valence-corrected chi connectivity index (χ1v) is 8.91. The van der Waals surface area contributed by atoms with Crippen molar-refractivity contribution >= 4 is 11.4 Å². The number of carbonyl (C=O) groups is 1. The Morgan fingerprint density at radius 3 is 1.59 bits per heavy atom. The van der Waals surface area contributed by atoms with Crippen molar-refractivity contribution in [1.29, 1.82) is 0 Å². The molecule has 0 aliphatic carbocycles. The lowest BCUT2D eigenvalue weighted by Crippen LogP contribution is -2.27. The monoisotopic (exact) mass is 354 g/mol. The average Bonchev–Trinajstić information content (AvgIpc) is 2.70. The molecule has 1 N–H and O–H groups in total. The quantitative estimate of drug-likeness (QED) is 0.509. The summed E-state index contributed by atoms with van der Waals surface area (Å²) in [5, 5.41) is 11.2. The van der Waals surface area contributed by atoms with E-state index in [1.54, 1.807) is 6.92 Å². The molecule has 0 saturated heterocycles. The summed E-state index contributed by atoms with van der Waals surface area (Å²) >= 11 is 0. The van der Waals surface area contributed by atoms with Gasteiger partial charge in [0.2, 0.25) is 0 Å². The second-order valence-electron chi connectivity index (χ2n) is 6.60. The van der Waals surface area contributed by atoms with Crippen LogP contribution in [-0.4, -0.2) is 10.9 Å². The molecule has 0 aliphatic rings. The van der Waals surface area contributed by atoms with Crippen molar-refractivity contribution in [2.24, 2.45) is 0 Å². The second kappa shape index (κ2) is 8.01. The Morgan fingerprint density at radius 1 is 0.778 bits per heavy atom. The molecule has 0 fully saturated rings. The number of carbonyl (C=O) groups excluding carboxylic acids is 1. The van der Waals surface area contributed by atoms with Gasteiger partial charge in [-0.05, 0) is 30.5 Å². The van der Waals surface area contributed by atoms with Crippen LogP contribution in [0.1, 0.15) is 30.5 Å². The van der Waals surface area contributed by atoms with Crippen LogP contribution < -0.4 is 0 Å². The highest BCUT2D eigenvalue weighted by molar-refractivity contribution is 5.97. The zero-order chi connectivity index (χ0) is 19.3. The van der Waals surface area contributed by atoms with E-state index in [4.69, 9.17) is 0 Å². The van der Waals surface area contributed by atoms with Crippen LogP contribution in [0.5, 0.6) is 0 Å². The van der Waals surface area contributed by atoms with Crippen LogP contribution in [0.25, 0.3) is 5.57 Å². The van der Waals surface area contributed by atoms with Gasteiger partial charge in [0, 0.05) is 5.57 Å². The number of ketones is 1. The Labute approximate surface area is 160 Å².